The quantitative estimate of drug-likeness (QED) is 0.520. The molecule has 0 radical (unpaired) electrons. The van der Waals surface area contributed by atoms with Gasteiger partial charge in [0, 0.05) is 11.4 Å². The Hall–Kier alpha value is -2.02. The standard InChI is InChI=1S/C18H24N2O4S/c1-2-3-4-7-10-19-16(21)12-24-17(22)11-15-18(23)20-13-8-5-6-9-14(13)25-15/h5-6,8-9,15H,2-4,7,10-12H2,1H3,(H,19,21)(H,20,23)/t15-/m0/s1. The van der Waals surface area contributed by atoms with Crippen molar-refractivity contribution in [2.24, 2.45) is 0 Å². The summed E-state index contributed by atoms with van der Waals surface area (Å²) < 4.78 is 4.98. The molecule has 0 aliphatic carbocycles. The third-order valence-electron chi connectivity index (χ3n) is 3.78. The SMILES string of the molecule is CCCCCCNC(=O)COC(=O)C[C@@H]1Sc2ccccc2NC1=O. The fourth-order valence-electron chi connectivity index (χ4n) is 2.41. The number of rotatable bonds is 9. The maximum Gasteiger partial charge on any atom is 0.307 e. The summed E-state index contributed by atoms with van der Waals surface area (Å²) in [5.41, 5.74) is 0.754. The average Bonchev–Trinajstić information content (AvgIpc) is 2.60. The zero-order valence-corrected chi connectivity index (χ0v) is 15.2. The molecule has 2 rings (SSSR count). The van der Waals surface area contributed by atoms with Gasteiger partial charge in [-0.05, 0) is 18.6 Å². The smallest absolute Gasteiger partial charge is 0.307 e. The highest BCUT2D eigenvalue weighted by Gasteiger charge is 2.29. The van der Waals surface area contributed by atoms with Crippen LogP contribution >= 0.6 is 11.8 Å². The fourth-order valence-corrected chi connectivity index (χ4v) is 3.51. The average molecular weight is 364 g/mol. The van der Waals surface area contributed by atoms with Gasteiger partial charge in [-0.1, -0.05) is 38.3 Å². The first-order valence-electron chi connectivity index (χ1n) is 8.59. The lowest BCUT2D eigenvalue weighted by Gasteiger charge is -2.23. The number of para-hydroxylation sites is 1. The lowest BCUT2D eigenvalue weighted by atomic mass is 10.2. The topological polar surface area (TPSA) is 84.5 Å². The van der Waals surface area contributed by atoms with Gasteiger partial charge in [0.2, 0.25) is 5.91 Å². The molecule has 1 aliphatic rings. The number of ether oxygens (including phenoxy) is 1. The molecule has 2 N–H and O–H groups in total. The molecule has 1 atom stereocenters. The van der Waals surface area contributed by atoms with Crippen LogP contribution in [0.3, 0.4) is 0 Å². The third kappa shape index (κ3) is 6.42. The van der Waals surface area contributed by atoms with Gasteiger partial charge in [0.1, 0.15) is 0 Å². The van der Waals surface area contributed by atoms with E-state index in [1.807, 2.05) is 24.3 Å². The minimum atomic E-state index is -0.548. The van der Waals surface area contributed by atoms with Crippen molar-refractivity contribution in [3.63, 3.8) is 0 Å². The summed E-state index contributed by atoms with van der Waals surface area (Å²) >= 11 is 1.34. The van der Waals surface area contributed by atoms with E-state index in [4.69, 9.17) is 4.74 Å². The minimum absolute atomic E-state index is 0.0609. The molecule has 0 bridgehead atoms. The van der Waals surface area contributed by atoms with E-state index in [1.165, 1.54) is 11.8 Å². The van der Waals surface area contributed by atoms with Crippen LogP contribution in [-0.4, -0.2) is 36.2 Å². The van der Waals surface area contributed by atoms with Gasteiger partial charge in [-0.15, -0.1) is 11.8 Å². The molecule has 0 saturated carbocycles. The molecular formula is C18H24N2O4S. The number of benzene rings is 1. The van der Waals surface area contributed by atoms with Gasteiger partial charge in [-0.25, -0.2) is 0 Å². The van der Waals surface area contributed by atoms with Crippen molar-refractivity contribution in [1.29, 1.82) is 0 Å². The molecular weight excluding hydrogens is 340 g/mol. The second kappa shape index (κ2) is 10.1. The van der Waals surface area contributed by atoms with Gasteiger partial charge in [-0.3, -0.25) is 14.4 Å². The predicted octanol–water partition coefficient (Wildman–Crippen LogP) is 2.73. The Bertz CT molecular complexity index is 621. The van der Waals surface area contributed by atoms with E-state index in [0.717, 1.165) is 36.3 Å². The Morgan fingerprint density at radius 2 is 2.04 bits per heavy atom. The number of amides is 2. The number of hydrogen-bond acceptors (Lipinski definition) is 5. The third-order valence-corrected chi connectivity index (χ3v) is 5.05. The Labute approximate surface area is 152 Å². The number of unbranched alkanes of at least 4 members (excludes halogenated alkanes) is 3. The first-order valence-corrected chi connectivity index (χ1v) is 9.47. The van der Waals surface area contributed by atoms with E-state index in [1.54, 1.807) is 0 Å². The van der Waals surface area contributed by atoms with Crippen LogP contribution in [0.5, 0.6) is 0 Å². The molecule has 0 saturated heterocycles. The number of carbonyl (C=O) groups excluding carboxylic acids is 3. The second-order valence-corrected chi connectivity index (χ2v) is 7.11. The number of nitrogens with one attached hydrogen (secondary N) is 2. The first kappa shape index (κ1) is 19.3. The van der Waals surface area contributed by atoms with Gasteiger partial charge in [0.25, 0.3) is 5.91 Å². The number of esters is 1. The van der Waals surface area contributed by atoms with Gasteiger partial charge >= 0.3 is 5.97 Å². The van der Waals surface area contributed by atoms with Crippen molar-refractivity contribution in [2.45, 2.75) is 49.2 Å². The molecule has 6 nitrogen and oxygen atoms in total. The maximum atomic E-state index is 12.0. The first-order chi connectivity index (χ1) is 12.1. The molecule has 0 unspecified atom stereocenters. The second-order valence-electron chi connectivity index (χ2n) is 5.87. The highest BCUT2D eigenvalue weighted by Crippen LogP contribution is 2.36. The zero-order valence-electron chi connectivity index (χ0n) is 14.4. The molecule has 0 fully saturated rings. The molecule has 2 amide bonds. The van der Waals surface area contributed by atoms with E-state index in [-0.39, 0.29) is 24.8 Å². The van der Waals surface area contributed by atoms with Gasteiger partial charge in [-0.2, -0.15) is 0 Å². The lowest BCUT2D eigenvalue weighted by Crippen LogP contribution is -2.33. The van der Waals surface area contributed by atoms with Crippen molar-refractivity contribution < 1.29 is 19.1 Å². The zero-order chi connectivity index (χ0) is 18.1. The largest absolute Gasteiger partial charge is 0.456 e. The lowest BCUT2D eigenvalue weighted by molar-refractivity contribution is -0.149. The highest BCUT2D eigenvalue weighted by molar-refractivity contribution is 8.01. The van der Waals surface area contributed by atoms with Crippen molar-refractivity contribution in [2.75, 3.05) is 18.5 Å². The summed E-state index contributed by atoms with van der Waals surface area (Å²) in [6.45, 7) is 2.41. The Morgan fingerprint density at radius 3 is 2.84 bits per heavy atom. The minimum Gasteiger partial charge on any atom is -0.456 e. The summed E-state index contributed by atoms with van der Waals surface area (Å²) in [5.74, 6) is -1.08. The van der Waals surface area contributed by atoms with Crippen molar-refractivity contribution >= 4 is 35.2 Å². The summed E-state index contributed by atoms with van der Waals surface area (Å²) in [6, 6.07) is 7.43. The van der Waals surface area contributed by atoms with Gasteiger partial charge in [0.05, 0.1) is 17.4 Å². The molecule has 25 heavy (non-hydrogen) atoms. The molecule has 0 spiro atoms. The molecule has 1 aromatic rings. The van der Waals surface area contributed by atoms with Crippen LogP contribution in [0.15, 0.2) is 29.2 Å². The van der Waals surface area contributed by atoms with Crippen LogP contribution in [0.2, 0.25) is 0 Å². The summed E-state index contributed by atoms with van der Waals surface area (Å²) in [5, 5.41) is 4.96. The molecule has 1 aromatic carbocycles. The Morgan fingerprint density at radius 1 is 1.24 bits per heavy atom. The van der Waals surface area contributed by atoms with Crippen LogP contribution in [0, 0.1) is 0 Å². The Balaban J connectivity index is 1.68. The van der Waals surface area contributed by atoms with Crippen molar-refractivity contribution in [1.82, 2.24) is 5.32 Å². The van der Waals surface area contributed by atoms with E-state index >= 15 is 0 Å². The number of carbonyl (C=O) groups is 3. The van der Waals surface area contributed by atoms with E-state index in [2.05, 4.69) is 17.6 Å². The van der Waals surface area contributed by atoms with E-state index < -0.39 is 11.2 Å². The number of thioether (sulfide) groups is 1. The van der Waals surface area contributed by atoms with Gasteiger partial charge < -0.3 is 15.4 Å². The number of anilines is 1. The highest BCUT2D eigenvalue weighted by atomic mass is 32.2. The van der Waals surface area contributed by atoms with E-state index in [9.17, 15) is 14.4 Å². The monoisotopic (exact) mass is 364 g/mol. The normalized spacial score (nSPS) is 15.9. The van der Waals surface area contributed by atoms with Crippen LogP contribution < -0.4 is 10.6 Å². The summed E-state index contributed by atoms with van der Waals surface area (Å²) in [7, 11) is 0. The number of hydrogen-bond donors (Lipinski definition) is 2. The van der Waals surface area contributed by atoms with E-state index in [0.29, 0.717) is 6.54 Å². The van der Waals surface area contributed by atoms with Crippen LogP contribution in [0.4, 0.5) is 5.69 Å². The van der Waals surface area contributed by atoms with Crippen LogP contribution in [-0.2, 0) is 19.1 Å². The maximum absolute atomic E-state index is 12.0. The molecule has 136 valence electrons. The van der Waals surface area contributed by atoms with Gasteiger partial charge in [0.15, 0.2) is 6.61 Å². The van der Waals surface area contributed by atoms with Crippen molar-refractivity contribution in [3.8, 4) is 0 Å². The Kier molecular flexibility index (Phi) is 7.78. The summed E-state index contributed by atoms with van der Waals surface area (Å²) in [6.07, 6.45) is 4.23. The summed E-state index contributed by atoms with van der Waals surface area (Å²) in [4.78, 5) is 36.5. The molecule has 1 aliphatic heterocycles. The molecule has 1 heterocycles. The van der Waals surface area contributed by atoms with Crippen LogP contribution in [0.1, 0.15) is 39.0 Å². The van der Waals surface area contributed by atoms with Crippen molar-refractivity contribution in [3.05, 3.63) is 24.3 Å². The number of fused-ring (bicyclic) bond motifs is 1. The van der Waals surface area contributed by atoms with Crippen LogP contribution in [0.25, 0.3) is 0 Å². The predicted molar refractivity (Wildman–Crippen MR) is 97.4 cm³/mol. The molecule has 7 heteroatoms. The fraction of sp³-hybridized carbons (Fsp3) is 0.500. The molecule has 0 aromatic heterocycles.